The number of hydrogen-bond acceptors (Lipinski definition) is 3. The van der Waals surface area contributed by atoms with Crippen molar-refractivity contribution >= 4 is 28.8 Å². The second-order valence-corrected chi connectivity index (χ2v) is 21.9. The molecular weight excluding hydrogens is 831 g/mol. The van der Waals surface area contributed by atoms with E-state index in [9.17, 15) is 0 Å². The Hall–Kier alpha value is -7.07. The van der Waals surface area contributed by atoms with Gasteiger partial charge in [0.2, 0.25) is 0 Å². The Morgan fingerprint density at radius 1 is 0.343 bits per heavy atom. The lowest BCUT2D eigenvalue weighted by Crippen LogP contribution is -2.33. The van der Waals surface area contributed by atoms with Crippen LogP contribution in [0.1, 0.15) is 97.2 Å². The molecule has 2 heterocycles. The van der Waals surface area contributed by atoms with Gasteiger partial charge in [-0.1, -0.05) is 193 Å². The van der Waals surface area contributed by atoms with Gasteiger partial charge in [0.1, 0.15) is 11.5 Å². The summed E-state index contributed by atoms with van der Waals surface area (Å²) in [6.07, 6.45) is 0. The third kappa shape index (κ3) is 5.58. The fourth-order valence-corrected chi connectivity index (χ4v) is 13.2. The first kappa shape index (κ1) is 40.2. The van der Waals surface area contributed by atoms with Crippen LogP contribution in [-0.2, 0) is 21.7 Å². The van der Waals surface area contributed by atoms with E-state index in [1.54, 1.807) is 0 Å². The monoisotopic (exact) mass is 881 g/mol. The average molecular weight is 882 g/mol. The molecule has 67 heavy (non-hydrogen) atoms. The maximum absolute atomic E-state index is 7.05. The zero-order valence-corrected chi connectivity index (χ0v) is 39.6. The molecule has 2 spiro atoms. The van der Waals surface area contributed by atoms with Crippen molar-refractivity contribution in [1.29, 1.82) is 0 Å². The van der Waals surface area contributed by atoms with Crippen molar-refractivity contribution in [3.05, 3.63) is 256 Å². The molecule has 0 bridgehead atoms. The minimum absolute atomic E-state index is 0.0519. The Kier molecular flexibility index (Phi) is 8.54. The Morgan fingerprint density at radius 2 is 0.776 bits per heavy atom. The van der Waals surface area contributed by atoms with E-state index in [4.69, 9.17) is 4.74 Å². The summed E-state index contributed by atoms with van der Waals surface area (Å²) in [5.41, 5.74) is 20.1. The molecule has 3 heteroatoms. The molecule has 0 radical (unpaired) electrons. The van der Waals surface area contributed by atoms with Gasteiger partial charge in [0.25, 0.3) is 0 Å². The van der Waals surface area contributed by atoms with Crippen molar-refractivity contribution < 1.29 is 4.74 Å². The highest BCUT2D eigenvalue weighted by Crippen LogP contribution is 2.65. The van der Waals surface area contributed by atoms with Crippen LogP contribution in [0.2, 0.25) is 0 Å². The van der Waals surface area contributed by atoms with Crippen molar-refractivity contribution in [2.75, 3.05) is 4.90 Å². The van der Waals surface area contributed by atoms with Crippen molar-refractivity contribution in [3.63, 3.8) is 0 Å². The SMILES string of the molecule is CC(C)(C)c1ccc2c(c1)C1(c3ccccc3Oc3ccc(N(c4ccccc4)c4ccc5c(c4)C4(c6ccccc6Sc6ccccc64)c4ccccc4-5)cc31)c1cc(C(C)(C)C)ccc1-2. The molecule has 0 saturated heterocycles. The van der Waals surface area contributed by atoms with Gasteiger partial charge in [-0.15, -0.1) is 0 Å². The number of para-hydroxylation sites is 2. The highest BCUT2D eigenvalue weighted by molar-refractivity contribution is 7.99. The van der Waals surface area contributed by atoms with E-state index >= 15 is 0 Å². The molecular formula is C64H51NOS. The lowest BCUT2D eigenvalue weighted by atomic mass is 9.65. The molecule has 0 amide bonds. The Labute approximate surface area is 399 Å². The molecule has 0 saturated carbocycles. The number of rotatable bonds is 3. The molecule has 0 unspecified atom stereocenters. The highest BCUT2D eigenvalue weighted by Gasteiger charge is 2.53. The highest BCUT2D eigenvalue weighted by atomic mass is 32.2. The van der Waals surface area contributed by atoms with E-state index in [-0.39, 0.29) is 10.8 Å². The number of benzene rings is 9. The number of nitrogens with zero attached hydrogens (tertiary/aromatic N) is 1. The molecule has 2 aliphatic heterocycles. The summed E-state index contributed by atoms with van der Waals surface area (Å²) >= 11 is 1.89. The first-order valence-electron chi connectivity index (χ1n) is 23.7. The number of hydrogen-bond donors (Lipinski definition) is 0. The first-order valence-corrected chi connectivity index (χ1v) is 24.5. The summed E-state index contributed by atoms with van der Waals surface area (Å²) in [5, 5.41) is 0. The molecule has 0 fully saturated rings. The smallest absolute Gasteiger partial charge is 0.132 e. The van der Waals surface area contributed by atoms with Crippen LogP contribution in [0.4, 0.5) is 17.1 Å². The quantitative estimate of drug-likeness (QED) is 0.175. The molecule has 0 aromatic heterocycles. The molecule has 9 aromatic carbocycles. The molecule has 2 nitrogen and oxygen atoms in total. The van der Waals surface area contributed by atoms with Crippen LogP contribution in [0.5, 0.6) is 11.5 Å². The molecule has 13 rings (SSSR count). The largest absolute Gasteiger partial charge is 0.457 e. The molecule has 4 aliphatic rings. The van der Waals surface area contributed by atoms with Crippen LogP contribution in [0.15, 0.2) is 210 Å². The van der Waals surface area contributed by atoms with Crippen molar-refractivity contribution in [1.82, 2.24) is 0 Å². The minimum atomic E-state index is -0.646. The molecule has 0 N–H and O–H groups in total. The zero-order chi connectivity index (χ0) is 45.5. The van der Waals surface area contributed by atoms with Crippen molar-refractivity contribution in [2.45, 2.75) is 73.0 Å². The second kappa shape index (κ2) is 14.2. The van der Waals surface area contributed by atoms with Crippen LogP contribution >= 0.6 is 11.8 Å². The molecule has 9 aromatic rings. The van der Waals surface area contributed by atoms with Gasteiger partial charge < -0.3 is 9.64 Å². The lowest BCUT2D eigenvalue weighted by Gasteiger charge is -2.41. The fourth-order valence-electron chi connectivity index (χ4n) is 12.0. The predicted octanol–water partition coefficient (Wildman–Crippen LogP) is 17.0. The Morgan fingerprint density at radius 3 is 1.39 bits per heavy atom. The van der Waals surface area contributed by atoms with E-state index < -0.39 is 10.8 Å². The van der Waals surface area contributed by atoms with Gasteiger partial charge in [-0.3, -0.25) is 0 Å². The van der Waals surface area contributed by atoms with Gasteiger partial charge >= 0.3 is 0 Å². The maximum Gasteiger partial charge on any atom is 0.132 e. The normalized spacial score (nSPS) is 15.0. The van der Waals surface area contributed by atoms with Crippen molar-refractivity contribution in [2.24, 2.45) is 0 Å². The van der Waals surface area contributed by atoms with Crippen LogP contribution in [0.3, 0.4) is 0 Å². The van der Waals surface area contributed by atoms with Gasteiger partial charge in [0, 0.05) is 38.0 Å². The Balaban J connectivity index is 1.09. The third-order valence-electron chi connectivity index (χ3n) is 15.1. The van der Waals surface area contributed by atoms with Gasteiger partial charge in [-0.2, -0.15) is 0 Å². The van der Waals surface area contributed by atoms with Crippen molar-refractivity contribution in [3.8, 4) is 33.8 Å². The van der Waals surface area contributed by atoms with Crippen LogP contribution in [0.25, 0.3) is 22.3 Å². The summed E-state index contributed by atoms with van der Waals surface area (Å²) in [7, 11) is 0. The number of anilines is 3. The summed E-state index contributed by atoms with van der Waals surface area (Å²) in [4.78, 5) is 5.07. The van der Waals surface area contributed by atoms with Gasteiger partial charge in [0.15, 0.2) is 0 Å². The van der Waals surface area contributed by atoms with Crippen LogP contribution < -0.4 is 9.64 Å². The average Bonchev–Trinajstić information content (AvgIpc) is 3.79. The van der Waals surface area contributed by atoms with E-state index in [1.165, 1.54) is 82.1 Å². The zero-order valence-electron chi connectivity index (χ0n) is 38.8. The third-order valence-corrected chi connectivity index (χ3v) is 16.3. The summed E-state index contributed by atoms with van der Waals surface area (Å²) in [5.74, 6) is 1.78. The number of fused-ring (bicyclic) bond motifs is 18. The summed E-state index contributed by atoms with van der Waals surface area (Å²) < 4.78 is 7.05. The molecule has 2 aliphatic carbocycles. The van der Waals surface area contributed by atoms with Gasteiger partial charge in [0.05, 0.1) is 10.8 Å². The fraction of sp³-hybridized carbons (Fsp3) is 0.156. The van der Waals surface area contributed by atoms with E-state index in [2.05, 4.69) is 247 Å². The van der Waals surface area contributed by atoms with Crippen LogP contribution in [-0.4, -0.2) is 0 Å². The summed E-state index contributed by atoms with van der Waals surface area (Å²) in [6.45, 7) is 13.9. The standard InChI is InChI=1S/C64H51NOS/c1-61(2,3)40-28-32-46-47-33-29-41(62(4,5)6)37-54(47)64(53(46)36-40)50-22-12-15-25-57(50)66-58-35-31-44(39-56(58)64)65(42-18-8-7-9-19-42)43-30-34-48-45-20-10-11-21-49(45)63(55(48)38-43)51-23-13-16-26-59(51)67-60-27-17-14-24-52(60)63/h7-39H,1-6H3. The van der Waals surface area contributed by atoms with Gasteiger partial charge in [-0.25, -0.2) is 0 Å². The van der Waals surface area contributed by atoms with Gasteiger partial charge in [-0.05, 0) is 138 Å². The van der Waals surface area contributed by atoms with Crippen LogP contribution in [0, 0.1) is 0 Å². The van der Waals surface area contributed by atoms with E-state index in [1.807, 2.05) is 11.8 Å². The minimum Gasteiger partial charge on any atom is -0.457 e. The lowest BCUT2D eigenvalue weighted by molar-refractivity contribution is 0.436. The summed E-state index contributed by atoms with van der Waals surface area (Å²) in [6, 6.07) is 75.5. The molecule has 324 valence electrons. The number of ether oxygens (including phenoxy) is 1. The second-order valence-electron chi connectivity index (χ2n) is 20.8. The maximum atomic E-state index is 7.05. The topological polar surface area (TPSA) is 12.5 Å². The van der Waals surface area contributed by atoms with E-state index in [0.717, 1.165) is 34.1 Å². The predicted molar refractivity (Wildman–Crippen MR) is 277 cm³/mol. The molecule has 0 atom stereocenters. The Bertz CT molecular complexity index is 3400. The van der Waals surface area contributed by atoms with E-state index in [0.29, 0.717) is 0 Å². The first-order chi connectivity index (χ1) is 32.5.